The van der Waals surface area contributed by atoms with Gasteiger partial charge in [-0.3, -0.25) is 10.1 Å². The molecule has 16 heavy (non-hydrogen) atoms. The highest BCUT2D eigenvalue weighted by Gasteiger charge is 2.21. The van der Waals surface area contributed by atoms with Gasteiger partial charge in [-0.1, -0.05) is 30.3 Å². The van der Waals surface area contributed by atoms with Crippen molar-refractivity contribution in [2.75, 3.05) is 0 Å². The summed E-state index contributed by atoms with van der Waals surface area (Å²) in [5.74, 6) is 0. The Hall–Kier alpha value is -2.16. The first-order valence-electron chi connectivity index (χ1n) is 5.13. The van der Waals surface area contributed by atoms with E-state index in [4.69, 9.17) is 0 Å². The predicted molar refractivity (Wildman–Crippen MR) is 62.6 cm³/mol. The van der Waals surface area contributed by atoms with Crippen molar-refractivity contribution in [3.05, 3.63) is 63.7 Å². The van der Waals surface area contributed by atoms with Crippen LogP contribution in [0, 0.1) is 10.1 Å². The van der Waals surface area contributed by atoms with E-state index >= 15 is 0 Å². The van der Waals surface area contributed by atoms with Crippen LogP contribution in [0.2, 0.25) is 0 Å². The lowest BCUT2D eigenvalue weighted by atomic mass is 9.91. The third-order valence-corrected chi connectivity index (χ3v) is 2.98. The minimum atomic E-state index is -0.301. The standard InChI is InChI=1S/C13H9NO2/c15-14(16)12-8-7-10-4-1-3-9-5-2-6-11(12)13(9)10/h1-6,8H,7H2. The summed E-state index contributed by atoms with van der Waals surface area (Å²) in [5, 5.41) is 13.0. The average molecular weight is 211 g/mol. The normalized spacial score (nSPS) is 13.6. The van der Waals surface area contributed by atoms with Gasteiger partial charge in [0.2, 0.25) is 0 Å². The molecule has 1 aliphatic carbocycles. The Morgan fingerprint density at radius 3 is 2.62 bits per heavy atom. The number of hydrogen-bond donors (Lipinski definition) is 0. The summed E-state index contributed by atoms with van der Waals surface area (Å²) in [6, 6.07) is 11.7. The molecular weight excluding hydrogens is 202 g/mol. The molecule has 3 heteroatoms. The van der Waals surface area contributed by atoms with Gasteiger partial charge >= 0.3 is 0 Å². The number of nitrogens with zero attached hydrogens (tertiary/aromatic N) is 1. The van der Waals surface area contributed by atoms with Crippen molar-refractivity contribution in [2.45, 2.75) is 6.42 Å². The van der Waals surface area contributed by atoms with Crippen LogP contribution in [-0.4, -0.2) is 4.92 Å². The van der Waals surface area contributed by atoms with Crippen LogP contribution in [0.25, 0.3) is 16.5 Å². The first-order chi connectivity index (χ1) is 7.77. The molecule has 0 unspecified atom stereocenters. The molecule has 3 rings (SSSR count). The second-order valence-corrected chi connectivity index (χ2v) is 3.87. The van der Waals surface area contributed by atoms with Crippen LogP contribution < -0.4 is 0 Å². The molecule has 78 valence electrons. The Balaban J connectivity index is 2.41. The monoisotopic (exact) mass is 211 g/mol. The average Bonchev–Trinajstić information content (AvgIpc) is 2.30. The summed E-state index contributed by atoms with van der Waals surface area (Å²) in [6.45, 7) is 0. The van der Waals surface area contributed by atoms with Gasteiger partial charge in [0.05, 0.1) is 10.5 Å². The van der Waals surface area contributed by atoms with E-state index in [1.807, 2.05) is 36.4 Å². The van der Waals surface area contributed by atoms with Crippen LogP contribution in [0.15, 0.2) is 42.5 Å². The highest BCUT2D eigenvalue weighted by atomic mass is 16.6. The highest BCUT2D eigenvalue weighted by molar-refractivity contribution is 5.96. The quantitative estimate of drug-likeness (QED) is 0.537. The molecule has 0 amide bonds. The lowest BCUT2D eigenvalue weighted by molar-refractivity contribution is -0.375. The van der Waals surface area contributed by atoms with Gasteiger partial charge in [-0.15, -0.1) is 0 Å². The summed E-state index contributed by atoms with van der Waals surface area (Å²) in [7, 11) is 0. The van der Waals surface area contributed by atoms with Crippen LogP contribution in [0.5, 0.6) is 0 Å². The highest BCUT2D eigenvalue weighted by Crippen LogP contribution is 2.32. The zero-order valence-electron chi connectivity index (χ0n) is 8.51. The van der Waals surface area contributed by atoms with Crippen LogP contribution in [0.1, 0.15) is 11.1 Å². The molecule has 3 nitrogen and oxygen atoms in total. The summed E-state index contributed by atoms with van der Waals surface area (Å²) in [6.07, 6.45) is 2.34. The van der Waals surface area contributed by atoms with E-state index in [-0.39, 0.29) is 10.6 Å². The van der Waals surface area contributed by atoms with Gasteiger partial charge in [0.25, 0.3) is 5.70 Å². The fraction of sp³-hybridized carbons (Fsp3) is 0.0769. The van der Waals surface area contributed by atoms with Crippen molar-refractivity contribution in [1.29, 1.82) is 0 Å². The predicted octanol–water partition coefficient (Wildman–Crippen LogP) is 3.01. The first-order valence-corrected chi connectivity index (χ1v) is 5.13. The number of nitro groups is 1. The van der Waals surface area contributed by atoms with Gasteiger partial charge in [0.15, 0.2) is 0 Å². The molecule has 0 N–H and O–H groups in total. The molecule has 0 spiro atoms. The van der Waals surface area contributed by atoms with Gasteiger partial charge in [0.1, 0.15) is 0 Å². The molecule has 0 aromatic heterocycles. The van der Waals surface area contributed by atoms with Crippen molar-refractivity contribution in [3.8, 4) is 0 Å². The van der Waals surface area contributed by atoms with Gasteiger partial charge in [-0.25, -0.2) is 0 Å². The second kappa shape index (κ2) is 3.17. The topological polar surface area (TPSA) is 43.1 Å². The van der Waals surface area contributed by atoms with Crippen LogP contribution in [0.4, 0.5) is 0 Å². The molecule has 0 atom stereocenters. The van der Waals surface area contributed by atoms with E-state index < -0.39 is 0 Å². The molecule has 0 bridgehead atoms. The molecule has 0 saturated carbocycles. The summed E-state index contributed by atoms with van der Waals surface area (Å²) >= 11 is 0. The molecule has 0 fully saturated rings. The van der Waals surface area contributed by atoms with E-state index in [1.54, 1.807) is 6.08 Å². The minimum Gasteiger partial charge on any atom is -0.258 e. The fourth-order valence-corrected chi connectivity index (χ4v) is 2.29. The smallest absolute Gasteiger partial charge is 0.258 e. The maximum atomic E-state index is 10.9. The molecule has 0 aliphatic heterocycles. The maximum Gasteiger partial charge on any atom is 0.273 e. The van der Waals surface area contributed by atoms with E-state index in [9.17, 15) is 10.1 Å². The Labute approximate surface area is 92.2 Å². The van der Waals surface area contributed by atoms with Crippen molar-refractivity contribution < 1.29 is 4.92 Å². The fourth-order valence-electron chi connectivity index (χ4n) is 2.29. The Morgan fingerprint density at radius 1 is 1.12 bits per heavy atom. The van der Waals surface area contributed by atoms with E-state index in [2.05, 4.69) is 0 Å². The second-order valence-electron chi connectivity index (χ2n) is 3.87. The lowest BCUT2D eigenvalue weighted by Crippen LogP contribution is -2.04. The Kier molecular flexibility index (Phi) is 1.80. The van der Waals surface area contributed by atoms with Crippen LogP contribution in [0.3, 0.4) is 0 Å². The zero-order chi connectivity index (χ0) is 11.1. The largest absolute Gasteiger partial charge is 0.273 e. The van der Waals surface area contributed by atoms with Crippen LogP contribution in [-0.2, 0) is 6.42 Å². The van der Waals surface area contributed by atoms with Crippen molar-refractivity contribution >= 4 is 16.5 Å². The molecular formula is C13H9NO2. The third-order valence-electron chi connectivity index (χ3n) is 2.98. The van der Waals surface area contributed by atoms with Gasteiger partial charge in [-0.05, 0) is 34.9 Å². The molecule has 0 radical (unpaired) electrons. The van der Waals surface area contributed by atoms with Gasteiger partial charge in [0, 0.05) is 0 Å². The summed E-state index contributed by atoms with van der Waals surface area (Å²) in [4.78, 5) is 10.6. The van der Waals surface area contributed by atoms with E-state index in [0.29, 0.717) is 6.42 Å². The van der Waals surface area contributed by atoms with Crippen molar-refractivity contribution in [2.24, 2.45) is 0 Å². The molecule has 0 heterocycles. The van der Waals surface area contributed by atoms with Gasteiger partial charge in [-0.2, -0.15) is 0 Å². The lowest BCUT2D eigenvalue weighted by Gasteiger charge is -2.13. The first kappa shape index (κ1) is 9.09. The van der Waals surface area contributed by atoms with E-state index in [0.717, 1.165) is 16.3 Å². The maximum absolute atomic E-state index is 10.9. The minimum absolute atomic E-state index is 0.226. The van der Waals surface area contributed by atoms with Gasteiger partial charge < -0.3 is 0 Å². The molecule has 1 aliphatic rings. The molecule has 2 aromatic carbocycles. The van der Waals surface area contributed by atoms with E-state index in [1.165, 1.54) is 5.56 Å². The molecule has 0 saturated heterocycles. The van der Waals surface area contributed by atoms with Crippen molar-refractivity contribution in [3.63, 3.8) is 0 Å². The number of hydrogen-bond acceptors (Lipinski definition) is 2. The summed E-state index contributed by atoms with van der Waals surface area (Å²) < 4.78 is 0. The third kappa shape index (κ3) is 1.15. The zero-order valence-corrected chi connectivity index (χ0v) is 8.51. The Bertz CT molecular complexity index is 624. The number of allylic oxidation sites excluding steroid dienone is 1. The number of rotatable bonds is 1. The van der Waals surface area contributed by atoms with Crippen LogP contribution >= 0.6 is 0 Å². The van der Waals surface area contributed by atoms with Crippen molar-refractivity contribution in [1.82, 2.24) is 0 Å². The summed E-state index contributed by atoms with van der Waals surface area (Å²) in [5.41, 5.74) is 2.13. The SMILES string of the molecule is O=[N+]([O-])C1=CCc2cccc3cccc1c23. The Morgan fingerprint density at radius 2 is 1.88 bits per heavy atom. The number of benzene rings is 2. The molecule has 2 aromatic rings.